The minimum Gasteiger partial charge on any atom is -0.385 e. The number of hydrogen-bond acceptors (Lipinski definition) is 9. The van der Waals surface area contributed by atoms with E-state index < -0.39 is 49.0 Å². The van der Waals surface area contributed by atoms with Crippen LogP contribution < -0.4 is 0 Å². The van der Waals surface area contributed by atoms with Gasteiger partial charge >= 0.3 is 0 Å². The summed E-state index contributed by atoms with van der Waals surface area (Å²) in [5.74, 6) is -0.335. The highest BCUT2D eigenvalue weighted by Gasteiger charge is 2.53. The van der Waals surface area contributed by atoms with E-state index >= 15 is 0 Å². The predicted molar refractivity (Wildman–Crippen MR) is 184 cm³/mol. The minimum atomic E-state index is -1.37. The molecule has 0 saturated carbocycles. The third kappa shape index (κ3) is 8.46. The standard InChI is InChI=1S/C41H42O9/c42-36-32(21-35-45-27-33(36)49-35)37(43)39-41(48-25-31-19-11-4-12-20-31)40(47-24-30-17-9-3-10-18-30)38(46-23-29-15-7-2-8-16-29)34(50-39)26-44-22-28-13-5-1-6-14-28/h1-21,33-35,37-41,43H,22-27H2/t33-,34-,35-,37-,38-,39+,40+,41+/m1/s1. The molecular formula is C41H42O9. The van der Waals surface area contributed by atoms with Gasteiger partial charge in [0.1, 0.15) is 42.7 Å². The first-order valence-electron chi connectivity index (χ1n) is 17.1. The van der Waals surface area contributed by atoms with Gasteiger partial charge in [-0.3, -0.25) is 4.79 Å². The fourth-order valence-electron chi connectivity index (χ4n) is 6.56. The maximum Gasteiger partial charge on any atom is 0.192 e. The Bertz CT molecular complexity index is 1670. The molecule has 3 heterocycles. The van der Waals surface area contributed by atoms with Gasteiger partial charge in [-0.1, -0.05) is 121 Å². The fraction of sp³-hybridized carbons (Fsp3) is 0.341. The van der Waals surface area contributed by atoms with Gasteiger partial charge in [0.05, 0.1) is 39.6 Å². The lowest BCUT2D eigenvalue weighted by molar-refractivity contribution is -0.284. The van der Waals surface area contributed by atoms with Crippen molar-refractivity contribution in [1.82, 2.24) is 0 Å². The molecule has 9 heteroatoms. The number of carbonyl (C=O) groups excluding carboxylic acids is 1. The van der Waals surface area contributed by atoms with Crippen LogP contribution in [-0.4, -0.2) is 73.1 Å². The van der Waals surface area contributed by atoms with E-state index in [0.29, 0.717) is 6.61 Å². The zero-order valence-electron chi connectivity index (χ0n) is 27.7. The Kier molecular flexibility index (Phi) is 11.6. The molecule has 4 aromatic rings. The summed E-state index contributed by atoms with van der Waals surface area (Å²) in [6.07, 6.45) is -5.29. The van der Waals surface area contributed by atoms with Crippen molar-refractivity contribution in [2.75, 3.05) is 13.2 Å². The zero-order chi connectivity index (χ0) is 34.1. The highest BCUT2D eigenvalue weighted by atomic mass is 16.7. The number of Topliss-reactive ketones (excluding diaryl/α,β-unsaturated/α-hetero) is 1. The van der Waals surface area contributed by atoms with E-state index in [-0.39, 0.29) is 44.4 Å². The summed E-state index contributed by atoms with van der Waals surface area (Å²) >= 11 is 0. The molecule has 8 atom stereocenters. The molecule has 9 nitrogen and oxygen atoms in total. The monoisotopic (exact) mass is 678 g/mol. The van der Waals surface area contributed by atoms with Crippen molar-refractivity contribution in [1.29, 1.82) is 0 Å². The number of hydrogen-bond donors (Lipinski definition) is 1. The first-order valence-corrected chi connectivity index (χ1v) is 17.1. The van der Waals surface area contributed by atoms with Crippen LogP contribution in [0.15, 0.2) is 133 Å². The number of aliphatic hydroxyl groups excluding tert-OH is 1. The number of fused-ring (bicyclic) bond motifs is 2. The van der Waals surface area contributed by atoms with Crippen LogP contribution in [0.25, 0.3) is 0 Å². The number of aliphatic hydroxyl groups is 1. The number of benzene rings is 4. The van der Waals surface area contributed by atoms with E-state index in [4.69, 9.17) is 33.2 Å². The summed E-state index contributed by atoms with van der Waals surface area (Å²) in [6, 6.07) is 39.4. The second kappa shape index (κ2) is 16.8. The van der Waals surface area contributed by atoms with Gasteiger partial charge in [0.15, 0.2) is 12.1 Å². The molecule has 3 aliphatic rings. The van der Waals surface area contributed by atoms with Crippen molar-refractivity contribution < 1.29 is 43.1 Å². The minimum absolute atomic E-state index is 0.129. The molecule has 2 bridgehead atoms. The van der Waals surface area contributed by atoms with Gasteiger partial charge in [-0.25, -0.2) is 0 Å². The molecule has 0 aromatic heterocycles. The SMILES string of the molecule is O=C1C([C@@H](O)[C@@H]2O[C@H](COCc3ccccc3)[C@@H](OCc3ccccc3)[C@H](OCc3ccccc3)[C@H]2OCc2ccccc2)=C[C@@H]2OC[C@H]1O2. The lowest BCUT2D eigenvalue weighted by atomic mass is 9.86. The second-order valence-electron chi connectivity index (χ2n) is 12.7. The van der Waals surface area contributed by atoms with Crippen molar-refractivity contribution in [2.45, 2.75) is 75.4 Å². The molecule has 1 N–H and O–H groups in total. The molecule has 50 heavy (non-hydrogen) atoms. The summed E-state index contributed by atoms with van der Waals surface area (Å²) < 4.78 is 44.4. The van der Waals surface area contributed by atoms with Crippen molar-refractivity contribution in [2.24, 2.45) is 0 Å². The third-order valence-corrected chi connectivity index (χ3v) is 9.15. The van der Waals surface area contributed by atoms with Gasteiger partial charge in [0.2, 0.25) is 0 Å². The lowest BCUT2D eigenvalue weighted by Gasteiger charge is -2.47. The van der Waals surface area contributed by atoms with E-state index in [1.807, 2.05) is 121 Å². The Morgan fingerprint density at radius 1 is 0.620 bits per heavy atom. The van der Waals surface area contributed by atoms with E-state index in [1.165, 1.54) is 6.08 Å². The number of ether oxygens (including phenoxy) is 7. The van der Waals surface area contributed by atoms with Gasteiger partial charge in [-0.15, -0.1) is 0 Å². The molecule has 7 rings (SSSR count). The van der Waals surface area contributed by atoms with E-state index in [1.54, 1.807) is 0 Å². The maximum atomic E-state index is 13.5. The molecular weight excluding hydrogens is 636 g/mol. The normalized spacial score (nSPS) is 26.8. The quantitative estimate of drug-likeness (QED) is 0.179. The van der Waals surface area contributed by atoms with Gasteiger partial charge in [-0.2, -0.15) is 0 Å². The molecule has 3 aliphatic heterocycles. The lowest BCUT2D eigenvalue weighted by Crippen LogP contribution is -2.64. The molecule has 0 aliphatic carbocycles. The summed E-state index contributed by atoms with van der Waals surface area (Å²) in [7, 11) is 0. The van der Waals surface area contributed by atoms with Crippen molar-refractivity contribution in [3.63, 3.8) is 0 Å². The molecule has 2 saturated heterocycles. The van der Waals surface area contributed by atoms with Crippen LogP contribution in [0.1, 0.15) is 22.3 Å². The average molecular weight is 679 g/mol. The predicted octanol–water partition coefficient (Wildman–Crippen LogP) is 5.34. The Balaban J connectivity index is 1.23. The molecule has 2 fully saturated rings. The van der Waals surface area contributed by atoms with Crippen LogP contribution in [-0.2, 0) is 64.4 Å². The Morgan fingerprint density at radius 3 is 1.64 bits per heavy atom. The van der Waals surface area contributed by atoms with Crippen molar-refractivity contribution >= 4 is 5.78 Å². The second-order valence-corrected chi connectivity index (χ2v) is 12.7. The summed E-state index contributed by atoms with van der Waals surface area (Å²) in [5.41, 5.74) is 4.07. The van der Waals surface area contributed by atoms with Crippen LogP contribution in [0.3, 0.4) is 0 Å². The van der Waals surface area contributed by atoms with Crippen molar-refractivity contribution in [3.05, 3.63) is 155 Å². The van der Waals surface area contributed by atoms with Gasteiger partial charge in [0, 0.05) is 5.57 Å². The molecule has 0 spiro atoms. The number of carbonyl (C=O) groups is 1. The molecule has 0 amide bonds. The van der Waals surface area contributed by atoms with Gasteiger partial charge < -0.3 is 38.3 Å². The average Bonchev–Trinajstić information content (AvgIpc) is 3.58. The van der Waals surface area contributed by atoms with Crippen LogP contribution in [0.2, 0.25) is 0 Å². The zero-order valence-corrected chi connectivity index (χ0v) is 27.7. The Hall–Kier alpha value is -4.03. The highest BCUT2D eigenvalue weighted by molar-refractivity contribution is 6.01. The molecule has 0 unspecified atom stereocenters. The van der Waals surface area contributed by atoms with Crippen LogP contribution in [0.5, 0.6) is 0 Å². The topological polar surface area (TPSA) is 102 Å². The smallest absolute Gasteiger partial charge is 0.192 e. The fourth-order valence-corrected chi connectivity index (χ4v) is 6.56. The van der Waals surface area contributed by atoms with E-state index in [9.17, 15) is 9.90 Å². The molecule has 4 aromatic carbocycles. The first kappa shape index (κ1) is 34.4. The third-order valence-electron chi connectivity index (χ3n) is 9.15. The first-order chi connectivity index (χ1) is 24.6. The van der Waals surface area contributed by atoms with Crippen LogP contribution >= 0.6 is 0 Å². The van der Waals surface area contributed by atoms with Crippen LogP contribution in [0.4, 0.5) is 0 Å². The summed E-state index contributed by atoms with van der Waals surface area (Å²) in [6.45, 7) is 1.38. The summed E-state index contributed by atoms with van der Waals surface area (Å²) in [5, 5.41) is 12.1. The number of rotatable bonds is 15. The van der Waals surface area contributed by atoms with Crippen molar-refractivity contribution in [3.8, 4) is 0 Å². The van der Waals surface area contributed by atoms with Gasteiger partial charge in [0.25, 0.3) is 0 Å². The Morgan fingerprint density at radius 2 is 1.10 bits per heavy atom. The highest BCUT2D eigenvalue weighted by Crippen LogP contribution is 2.36. The van der Waals surface area contributed by atoms with Crippen LogP contribution in [0, 0.1) is 0 Å². The maximum absolute atomic E-state index is 13.5. The van der Waals surface area contributed by atoms with E-state index in [2.05, 4.69) is 0 Å². The van der Waals surface area contributed by atoms with E-state index in [0.717, 1.165) is 22.3 Å². The number of ketones is 1. The largest absolute Gasteiger partial charge is 0.385 e. The van der Waals surface area contributed by atoms with Gasteiger partial charge in [-0.05, 0) is 28.3 Å². The molecule has 0 radical (unpaired) electrons. The molecule has 260 valence electrons. The summed E-state index contributed by atoms with van der Waals surface area (Å²) in [4.78, 5) is 13.5. The Labute approximate surface area is 292 Å².